The van der Waals surface area contributed by atoms with E-state index in [0.717, 1.165) is 16.5 Å². The molecule has 2 aromatic rings. The second-order valence-corrected chi connectivity index (χ2v) is 6.96. The maximum absolute atomic E-state index is 10.4. The van der Waals surface area contributed by atoms with Gasteiger partial charge in [0.15, 0.2) is 0 Å². The summed E-state index contributed by atoms with van der Waals surface area (Å²) in [5, 5.41) is 10.4. The van der Waals surface area contributed by atoms with Crippen molar-refractivity contribution in [2.75, 3.05) is 0 Å². The van der Waals surface area contributed by atoms with Crippen molar-refractivity contribution in [2.24, 2.45) is 0 Å². The lowest BCUT2D eigenvalue weighted by atomic mass is 10.0. The Bertz CT molecular complexity index is 551. The smallest absolute Gasteiger partial charge is 0.0838 e. The van der Waals surface area contributed by atoms with E-state index < -0.39 is 6.10 Å². The molecular weight excluding hydrogens is 320 g/mol. The van der Waals surface area contributed by atoms with Crippen molar-refractivity contribution in [1.82, 2.24) is 0 Å². The Balaban J connectivity index is 2.17. The molecule has 0 bridgehead atoms. The zero-order valence-corrected chi connectivity index (χ0v) is 13.9. The van der Waals surface area contributed by atoms with Gasteiger partial charge in [-0.1, -0.05) is 35.0 Å². The van der Waals surface area contributed by atoms with Crippen molar-refractivity contribution >= 4 is 27.3 Å². The molecule has 0 aliphatic carbocycles. The first-order valence-electron chi connectivity index (χ1n) is 6.53. The third-order valence-corrected chi connectivity index (χ3v) is 5.81. The van der Waals surface area contributed by atoms with Crippen LogP contribution < -0.4 is 0 Å². The first-order valence-corrected chi connectivity index (χ1v) is 8.14. The lowest BCUT2D eigenvalue weighted by Gasteiger charge is -2.13. The van der Waals surface area contributed by atoms with Gasteiger partial charge in [0, 0.05) is 20.6 Å². The molecule has 19 heavy (non-hydrogen) atoms. The van der Waals surface area contributed by atoms with Crippen LogP contribution in [0.15, 0.2) is 28.7 Å². The van der Waals surface area contributed by atoms with Gasteiger partial charge in [0.2, 0.25) is 0 Å². The summed E-state index contributed by atoms with van der Waals surface area (Å²) in [4.78, 5) is 2.63. The second kappa shape index (κ2) is 6.21. The molecule has 0 amide bonds. The zero-order chi connectivity index (χ0) is 14.0. The van der Waals surface area contributed by atoms with Gasteiger partial charge in [-0.2, -0.15) is 0 Å². The van der Waals surface area contributed by atoms with Crippen LogP contribution in [-0.4, -0.2) is 5.11 Å². The van der Waals surface area contributed by atoms with Crippen LogP contribution in [0.4, 0.5) is 0 Å². The third-order valence-electron chi connectivity index (χ3n) is 3.30. The predicted octanol–water partition coefficient (Wildman–Crippen LogP) is 4.97. The summed E-state index contributed by atoms with van der Waals surface area (Å²) in [6.07, 6.45) is 1.34. The molecule has 0 saturated heterocycles. The highest BCUT2D eigenvalue weighted by Crippen LogP contribution is 2.28. The number of rotatable bonds is 4. The number of hydrogen-bond donors (Lipinski definition) is 1. The van der Waals surface area contributed by atoms with E-state index in [-0.39, 0.29) is 0 Å². The molecule has 0 aliphatic rings. The van der Waals surface area contributed by atoms with E-state index in [1.165, 1.54) is 20.9 Å². The van der Waals surface area contributed by atoms with Crippen molar-refractivity contribution in [3.8, 4) is 0 Å². The van der Waals surface area contributed by atoms with E-state index in [2.05, 4.69) is 61.0 Å². The number of hydrogen-bond acceptors (Lipinski definition) is 2. The van der Waals surface area contributed by atoms with Gasteiger partial charge < -0.3 is 5.11 Å². The molecule has 0 saturated carbocycles. The molecule has 0 aliphatic heterocycles. The van der Waals surface area contributed by atoms with Crippen LogP contribution in [0.3, 0.4) is 0 Å². The van der Waals surface area contributed by atoms with Gasteiger partial charge >= 0.3 is 0 Å². The van der Waals surface area contributed by atoms with Crippen molar-refractivity contribution in [1.29, 1.82) is 0 Å². The van der Waals surface area contributed by atoms with Gasteiger partial charge in [-0.3, -0.25) is 0 Å². The minimum absolute atomic E-state index is 0.422. The molecule has 1 aromatic heterocycles. The van der Waals surface area contributed by atoms with Crippen molar-refractivity contribution < 1.29 is 5.11 Å². The summed E-state index contributed by atoms with van der Waals surface area (Å²) in [6, 6.07) is 8.42. The predicted molar refractivity (Wildman–Crippen MR) is 86.0 cm³/mol. The minimum atomic E-state index is -0.422. The number of aryl methyl sites for hydroxylation is 3. The minimum Gasteiger partial charge on any atom is -0.388 e. The Kier molecular flexibility index (Phi) is 4.82. The highest BCUT2D eigenvalue weighted by atomic mass is 79.9. The van der Waals surface area contributed by atoms with Crippen LogP contribution >= 0.6 is 27.3 Å². The Hall–Kier alpha value is -0.640. The summed E-state index contributed by atoms with van der Waals surface area (Å²) in [6.45, 7) is 6.29. The quantitative estimate of drug-likeness (QED) is 0.834. The summed E-state index contributed by atoms with van der Waals surface area (Å²) < 4.78 is 1.13. The number of aliphatic hydroxyl groups is 1. The summed E-state index contributed by atoms with van der Waals surface area (Å²) in [7, 11) is 0. The second-order valence-electron chi connectivity index (χ2n) is 4.91. The fraction of sp³-hybridized carbons (Fsp3) is 0.375. The molecule has 1 aromatic carbocycles. The number of halogens is 1. The van der Waals surface area contributed by atoms with Gasteiger partial charge in [-0.15, -0.1) is 11.3 Å². The van der Waals surface area contributed by atoms with E-state index in [9.17, 15) is 5.11 Å². The van der Waals surface area contributed by atoms with Crippen molar-refractivity contribution in [2.45, 2.75) is 39.7 Å². The Morgan fingerprint density at radius 1 is 1.16 bits per heavy atom. The van der Waals surface area contributed by atoms with Gasteiger partial charge in [-0.25, -0.2) is 0 Å². The summed E-state index contributed by atoms with van der Waals surface area (Å²) >= 11 is 5.36. The zero-order valence-electron chi connectivity index (χ0n) is 11.5. The standard InChI is InChI=1S/C16H19BrOS/c1-4-13-5-6-14(19-13)9-15(18)12-7-10(2)16(17)11(3)8-12/h5-8,15,18H,4,9H2,1-3H3. The fourth-order valence-electron chi connectivity index (χ4n) is 2.20. The summed E-state index contributed by atoms with van der Waals surface area (Å²) in [5.74, 6) is 0. The first-order chi connectivity index (χ1) is 9.01. The fourth-order valence-corrected chi connectivity index (χ4v) is 3.43. The average molecular weight is 339 g/mol. The monoisotopic (exact) mass is 338 g/mol. The molecular formula is C16H19BrOS. The van der Waals surface area contributed by atoms with Crippen LogP contribution in [0.5, 0.6) is 0 Å². The third kappa shape index (κ3) is 3.47. The van der Waals surface area contributed by atoms with Gasteiger partial charge in [0.1, 0.15) is 0 Å². The van der Waals surface area contributed by atoms with Crippen LogP contribution in [0.2, 0.25) is 0 Å². The molecule has 3 heteroatoms. The van der Waals surface area contributed by atoms with Crippen LogP contribution in [0, 0.1) is 13.8 Å². The van der Waals surface area contributed by atoms with Crippen molar-refractivity contribution in [3.05, 3.63) is 55.2 Å². The van der Waals surface area contributed by atoms with E-state index >= 15 is 0 Å². The topological polar surface area (TPSA) is 20.2 Å². The maximum Gasteiger partial charge on any atom is 0.0838 e. The molecule has 0 radical (unpaired) electrons. The molecule has 1 nitrogen and oxygen atoms in total. The summed E-state index contributed by atoms with van der Waals surface area (Å²) in [5.41, 5.74) is 3.36. The van der Waals surface area contributed by atoms with Gasteiger partial charge in [0.05, 0.1) is 6.10 Å². The normalized spacial score (nSPS) is 12.7. The highest BCUT2D eigenvalue weighted by Gasteiger charge is 2.12. The lowest BCUT2D eigenvalue weighted by Crippen LogP contribution is -2.02. The van der Waals surface area contributed by atoms with E-state index in [4.69, 9.17) is 0 Å². The van der Waals surface area contributed by atoms with Crippen molar-refractivity contribution in [3.63, 3.8) is 0 Å². The first kappa shape index (κ1) is 14.8. The van der Waals surface area contributed by atoms with Crippen LogP contribution in [0.1, 0.15) is 39.5 Å². The van der Waals surface area contributed by atoms with Gasteiger partial charge in [-0.05, 0) is 49.1 Å². The average Bonchev–Trinajstić information content (AvgIpc) is 2.83. The number of benzene rings is 1. The van der Waals surface area contributed by atoms with E-state index in [1.54, 1.807) is 11.3 Å². The Morgan fingerprint density at radius 3 is 2.26 bits per heavy atom. The Morgan fingerprint density at radius 2 is 1.74 bits per heavy atom. The van der Waals surface area contributed by atoms with Gasteiger partial charge in [0.25, 0.3) is 0 Å². The van der Waals surface area contributed by atoms with E-state index in [0.29, 0.717) is 6.42 Å². The largest absolute Gasteiger partial charge is 0.388 e. The highest BCUT2D eigenvalue weighted by molar-refractivity contribution is 9.10. The Labute approximate surface area is 127 Å². The van der Waals surface area contributed by atoms with Crippen LogP contribution in [0.25, 0.3) is 0 Å². The molecule has 0 fully saturated rings. The van der Waals surface area contributed by atoms with E-state index in [1.807, 2.05) is 0 Å². The number of aliphatic hydroxyl groups excluding tert-OH is 1. The molecule has 2 rings (SSSR count). The molecule has 102 valence electrons. The molecule has 1 N–H and O–H groups in total. The maximum atomic E-state index is 10.4. The lowest BCUT2D eigenvalue weighted by molar-refractivity contribution is 0.179. The SMILES string of the molecule is CCc1ccc(CC(O)c2cc(C)c(Br)c(C)c2)s1. The molecule has 1 atom stereocenters. The molecule has 1 heterocycles. The molecule has 1 unspecified atom stereocenters. The van der Waals surface area contributed by atoms with Crippen LogP contribution in [-0.2, 0) is 12.8 Å². The number of thiophene rings is 1. The molecule has 0 spiro atoms.